The topological polar surface area (TPSA) is 57.2 Å². The monoisotopic (exact) mass is 494 g/mol. The standard InChI is InChI=1S/C11H10F14O3S.Li/c12-5(3-1-2-4-6(13,14)15)7(16,17)8(18,19)9(20,21)10(22,23)11(24,25)29(26,27)28;/h5H,1-4H2,(H,26,27,28);/q;+1/p-1. The summed E-state index contributed by atoms with van der Waals surface area (Å²) in [5.41, 5.74) is 0. The first kappa shape index (κ1) is 31.7. The Hall–Kier alpha value is -0.473. The number of rotatable bonds is 10. The summed E-state index contributed by atoms with van der Waals surface area (Å²) < 4.78 is 210. The van der Waals surface area contributed by atoms with Crippen LogP contribution in [-0.2, 0) is 10.1 Å². The summed E-state index contributed by atoms with van der Waals surface area (Å²) in [6.07, 6.45) is -15.6. The molecule has 0 amide bonds. The maximum absolute atomic E-state index is 13.3. The van der Waals surface area contributed by atoms with Crippen molar-refractivity contribution in [1.82, 2.24) is 0 Å². The summed E-state index contributed by atoms with van der Waals surface area (Å²) in [4.78, 5) is 0. The van der Waals surface area contributed by atoms with E-state index in [9.17, 15) is 74.4 Å². The number of hydrogen-bond donors (Lipinski definition) is 0. The zero-order valence-electron chi connectivity index (χ0n) is 14.3. The molecule has 0 aliphatic heterocycles. The van der Waals surface area contributed by atoms with Crippen molar-refractivity contribution >= 4 is 10.1 Å². The Kier molecular flexibility index (Phi) is 9.70. The smallest absolute Gasteiger partial charge is 0.743 e. The van der Waals surface area contributed by atoms with Crippen LogP contribution in [0.5, 0.6) is 0 Å². The van der Waals surface area contributed by atoms with Gasteiger partial charge in [0, 0.05) is 6.42 Å². The van der Waals surface area contributed by atoms with E-state index in [4.69, 9.17) is 0 Å². The minimum atomic E-state index is -7.99. The van der Waals surface area contributed by atoms with Gasteiger partial charge in [0.1, 0.15) is 0 Å². The molecule has 0 N–H and O–H groups in total. The Balaban J connectivity index is 0. The molecule has 0 saturated heterocycles. The summed E-state index contributed by atoms with van der Waals surface area (Å²) in [7, 11) is -7.79. The van der Waals surface area contributed by atoms with Gasteiger partial charge in [-0.2, -0.15) is 57.1 Å². The molecule has 0 aliphatic carbocycles. The first-order valence-corrected chi connectivity index (χ1v) is 8.34. The van der Waals surface area contributed by atoms with E-state index in [1.807, 2.05) is 0 Å². The molecule has 0 spiro atoms. The fourth-order valence-electron chi connectivity index (χ4n) is 1.77. The molecule has 0 aromatic carbocycles. The molecule has 0 saturated carbocycles. The molecule has 176 valence electrons. The van der Waals surface area contributed by atoms with Crippen molar-refractivity contribution in [2.24, 2.45) is 0 Å². The van der Waals surface area contributed by atoms with E-state index in [0.29, 0.717) is 0 Å². The van der Waals surface area contributed by atoms with Crippen molar-refractivity contribution < 1.29 is 93.3 Å². The molecular weight excluding hydrogens is 485 g/mol. The molecule has 0 bridgehead atoms. The first-order valence-electron chi connectivity index (χ1n) is 6.93. The average Bonchev–Trinajstić information content (AvgIpc) is 2.48. The van der Waals surface area contributed by atoms with E-state index >= 15 is 0 Å². The molecule has 0 aromatic rings. The van der Waals surface area contributed by atoms with Crippen LogP contribution in [0.1, 0.15) is 25.7 Å². The van der Waals surface area contributed by atoms with Gasteiger partial charge in [0.25, 0.3) is 0 Å². The quantitative estimate of drug-likeness (QED) is 0.203. The van der Waals surface area contributed by atoms with Crippen molar-refractivity contribution in [1.29, 1.82) is 0 Å². The number of unbranched alkanes of at least 4 members (excludes halogenated alkanes) is 1. The van der Waals surface area contributed by atoms with Gasteiger partial charge in [-0.15, -0.1) is 0 Å². The Morgan fingerprint density at radius 1 is 0.700 bits per heavy atom. The molecular formula is C11H9F14LiO3S. The molecule has 1 atom stereocenters. The van der Waals surface area contributed by atoms with Gasteiger partial charge in [-0.1, -0.05) is 0 Å². The largest absolute Gasteiger partial charge is 1.00 e. The maximum Gasteiger partial charge on any atom is 1.00 e. The molecule has 19 heteroatoms. The fraction of sp³-hybridized carbons (Fsp3) is 1.00. The average molecular weight is 494 g/mol. The third-order valence-electron chi connectivity index (χ3n) is 3.45. The number of hydrogen-bond acceptors (Lipinski definition) is 3. The summed E-state index contributed by atoms with van der Waals surface area (Å²) in [6, 6.07) is 0. The van der Waals surface area contributed by atoms with Crippen LogP contribution in [0.15, 0.2) is 0 Å². The summed E-state index contributed by atoms with van der Waals surface area (Å²) in [5, 5.41) is -7.51. The minimum Gasteiger partial charge on any atom is -0.743 e. The molecule has 0 radical (unpaired) electrons. The third kappa shape index (κ3) is 5.66. The summed E-state index contributed by atoms with van der Waals surface area (Å²) in [5.74, 6) is -30.5. The molecule has 0 aliphatic rings. The second kappa shape index (κ2) is 9.18. The molecule has 30 heavy (non-hydrogen) atoms. The molecule has 0 heterocycles. The summed E-state index contributed by atoms with van der Waals surface area (Å²) >= 11 is 0. The van der Waals surface area contributed by atoms with Crippen LogP contribution in [-0.4, -0.2) is 54.3 Å². The van der Waals surface area contributed by atoms with Crippen molar-refractivity contribution in [3.05, 3.63) is 0 Å². The third-order valence-corrected chi connectivity index (χ3v) is 4.33. The van der Waals surface area contributed by atoms with E-state index in [2.05, 4.69) is 0 Å². The first-order chi connectivity index (χ1) is 12.4. The van der Waals surface area contributed by atoms with E-state index in [0.717, 1.165) is 0 Å². The Morgan fingerprint density at radius 2 is 1.10 bits per heavy atom. The number of alkyl halides is 14. The van der Waals surface area contributed by atoms with Gasteiger partial charge in [-0.05, 0) is 19.3 Å². The number of halogens is 14. The molecule has 0 fully saturated rings. The second-order valence-electron chi connectivity index (χ2n) is 5.65. The van der Waals surface area contributed by atoms with Crippen molar-refractivity contribution in [3.63, 3.8) is 0 Å². The summed E-state index contributed by atoms with van der Waals surface area (Å²) in [6.45, 7) is 0. The van der Waals surface area contributed by atoms with Crippen LogP contribution in [0.25, 0.3) is 0 Å². The molecule has 3 nitrogen and oxygen atoms in total. The fourth-order valence-corrected chi connectivity index (χ4v) is 2.22. The minimum absolute atomic E-state index is 0. The maximum atomic E-state index is 13.3. The zero-order valence-corrected chi connectivity index (χ0v) is 15.1. The van der Waals surface area contributed by atoms with Crippen LogP contribution in [0.4, 0.5) is 61.5 Å². The van der Waals surface area contributed by atoms with E-state index in [1.54, 1.807) is 0 Å². The van der Waals surface area contributed by atoms with Crippen molar-refractivity contribution in [2.45, 2.75) is 67.0 Å². The van der Waals surface area contributed by atoms with Gasteiger partial charge in [0.05, 0.1) is 0 Å². The molecule has 0 rings (SSSR count). The van der Waals surface area contributed by atoms with E-state index in [1.165, 1.54) is 0 Å². The molecule has 1 unspecified atom stereocenters. The van der Waals surface area contributed by atoms with Gasteiger partial charge < -0.3 is 4.55 Å². The van der Waals surface area contributed by atoms with Crippen LogP contribution >= 0.6 is 0 Å². The molecule has 0 aromatic heterocycles. The zero-order chi connectivity index (χ0) is 23.9. The van der Waals surface area contributed by atoms with Gasteiger partial charge in [0.2, 0.25) is 0 Å². The van der Waals surface area contributed by atoms with Gasteiger partial charge >= 0.3 is 54.0 Å². The van der Waals surface area contributed by atoms with Crippen molar-refractivity contribution in [2.75, 3.05) is 0 Å². The van der Waals surface area contributed by atoms with E-state index in [-0.39, 0.29) is 18.9 Å². The van der Waals surface area contributed by atoms with Gasteiger partial charge in [0.15, 0.2) is 16.3 Å². The van der Waals surface area contributed by atoms with Crippen molar-refractivity contribution in [3.8, 4) is 0 Å². The van der Waals surface area contributed by atoms with Gasteiger partial charge in [-0.3, -0.25) is 0 Å². The predicted octanol–water partition coefficient (Wildman–Crippen LogP) is 2.13. The van der Waals surface area contributed by atoms with Crippen LogP contribution < -0.4 is 18.9 Å². The Labute approximate surface area is 171 Å². The van der Waals surface area contributed by atoms with E-state index < -0.39 is 77.1 Å². The van der Waals surface area contributed by atoms with Crippen LogP contribution in [0, 0.1) is 0 Å². The van der Waals surface area contributed by atoms with Crippen LogP contribution in [0.3, 0.4) is 0 Å². The van der Waals surface area contributed by atoms with Crippen LogP contribution in [0.2, 0.25) is 0 Å². The Bertz CT molecular complexity index is 675. The predicted molar refractivity (Wildman–Crippen MR) is 63.9 cm³/mol. The second-order valence-corrected chi connectivity index (χ2v) is 7.07. The SMILES string of the molecule is O=S(=O)([O-])C(F)(F)C(F)(F)C(F)(F)C(F)(F)C(F)(F)C(F)CCCCC(F)(F)F.[Li+]. The van der Waals surface area contributed by atoms with Gasteiger partial charge in [-0.25, -0.2) is 12.8 Å². The Morgan fingerprint density at radius 3 is 1.43 bits per heavy atom. The normalized spacial score (nSPS) is 16.2.